The molecule has 0 saturated carbocycles. The maximum absolute atomic E-state index is 13.5. The summed E-state index contributed by atoms with van der Waals surface area (Å²) >= 11 is 7.53. The molecule has 4 aromatic rings. The van der Waals surface area contributed by atoms with E-state index in [0.29, 0.717) is 28.2 Å². The van der Waals surface area contributed by atoms with Crippen LogP contribution < -0.4 is 14.4 Å². The lowest BCUT2D eigenvalue weighted by atomic mass is 10.2. The summed E-state index contributed by atoms with van der Waals surface area (Å²) < 4.78 is 12.6. The predicted octanol–water partition coefficient (Wildman–Crippen LogP) is 4.72. The molecule has 3 heterocycles. The van der Waals surface area contributed by atoms with Gasteiger partial charge in [-0.25, -0.2) is 4.98 Å². The molecule has 5 rings (SSSR count). The van der Waals surface area contributed by atoms with Crippen molar-refractivity contribution in [2.75, 3.05) is 11.5 Å². The summed E-state index contributed by atoms with van der Waals surface area (Å²) in [4.78, 5) is 23.9. The standard InChI is InChI=1S/C22H16ClN3O3S/c23-15-7-8-16-20(10-15)30-22(25-16)26(12-14-4-3-9-24-11-14)21(27)19-13-28-17-5-1-2-6-18(17)29-19/h1-11,19H,12-13H2/t19-/m0/s1. The van der Waals surface area contributed by atoms with Gasteiger partial charge in [-0.2, -0.15) is 0 Å². The van der Waals surface area contributed by atoms with Gasteiger partial charge in [-0.3, -0.25) is 14.7 Å². The van der Waals surface area contributed by atoms with E-state index in [1.807, 2.05) is 42.5 Å². The van der Waals surface area contributed by atoms with E-state index in [0.717, 1.165) is 15.8 Å². The molecule has 0 fully saturated rings. The number of carbonyl (C=O) groups is 1. The molecule has 2 aromatic heterocycles. The van der Waals surface area contributed by atoms with Gasteiger partial charge < -0.3 is 9.47 Å². The largest absolute Gasteiger partial charge is 0.485 e. The van der Waals surface area contributed by atoms with Crippen molar-refractivity contribution >= 4 is 44.2 Å². The van der Waals surface area contributed by atoms with Gasteiger partial charge in [0.05, 0.1) is 16.8 Å². The molecule has 0 saturated heterocycles. The second-order valence-corrected chi connectivity index (χ2v) is 8.20. The fourth-order valence-corrected chi connectivity index (χ4v) is 4.48. The van der Waals surface area contributed by atoms with Crippen molar-refractivity contribution in [1.82, 2.24) is 9.97 Å². The molecule has 0 N–H and O–H groups in total. The number of hydrogen-bond acceptors (Lipinski definition) is 6. The lowest BCUT2D eigenvalue weighted by Crippen LogP contribution is -2.46. The first kappa shape index (κ1) is 18.8. The van der Waals surface area contributed by atoms with Crippen LogP contribution >= 0.6 is 22.9 Å². The first-order valence-corrected chi connectivity index (χ1v) is 10.5. The van der Waals surface area contributed by atoms with E-state index < -0.39 is 6.10 Å². The minimum Gasteiger partial charge on any atom is -0.485 e. The van der Waals surface area contributed by atoms with Gasteiger partial charge in [0, 0.05) is 17.4 Å². The van der Waals surface area contributed by atoms with Crippen LogP contribution in [0.2, 0.25) is 5.02 Å². The lowest BCUT2D eigenvalue weighted by molar-refractivity contribution is -0.127. The van der Waals surface area contributed by atoms with Gasteiger partial charge >= 0.3 is 0 Å². The molecule has 8 heteroatoms. The number of fused-ring (bicyclic) bond motifs is 2. The number of aromatic nitrogens is 2. The van der Waals surface area contributed by atoms with E-state index in [2.05, 4.69) is 9.97 Å². The molecule has 6 nitrogen and oxygen atoms in total. The molecular weight excluding hydrogens is 422 g/mol. The van der Waals surface area contributed by atoms with Gasteiger partial charge in [0.1, 0.15) is 6.61 Å². The van der Waals surface area contributed by atoms with Crippen LogP contribution in [0.1, 0.15) is 5.56 Å². The highest BCUT2D eigenvalue weighted by atomic mass is 35.5. The summed E-state index contributed by atoms with van der Waals surface area (Å²) in [5.74, 6) is 0.966. The van der Waals surface area contributed by atoms with E-state index in [9.17, 15) is 4.79 Å². The number of hydrogen-bond donors (Lipinski definition) is 0. The molecule has 1 atom stereocenters. The lowest BCUT2D eigenvalue weighted by Gasteiger charge is -2.29. The van der Waals surface area contributed by atoms with E-state index in [1.165, 1.54) is 11.3 Å². The first-order valence-electron chi connectivity index (χ1n) is 9.32. The molecule has 1 aliphatic rings. The van der Waals surface area contributed by atoms with Crippen LogP contribution in [0.3, 0.4) is 0 Å². The SMILES string of the molecule is O=C([C@@H]1COc2ccccc2O1)N(Cc1cccnc1)c1nc2ccc(Cl)cc2s1. The molecule has 0 unspecified atom stereocenters. The van der Waals surface area contributed by atoms with Crippen molar-refractivity contribution in [3.63, 3.8) is 0 Å². The Morgan fingerprint density at radius 1 is 1.17 bits per heavy atom. The van der Waals surface area contributed by atoms with Gasteiger partial charge in [-0.05, 0) is 42.0 Å². The fourth-order valence-electron chi connectivity index (χ4n) is 3.23. The number of pyridine rings is 1. The monoisotopic (exact) mass is 437 g/mol. The van der Waals surface area contributed by atoms with Gasteiger partial charge in [-0.15, -0.1) is 0 Å². The number of nitrogens with zero attached hydrogens (tertiary/aromatic N) is 3. The van der Waals surface area contributed by atoms with Crippen LogP contribution in [0.25, 0.3) is 10.2 Å². The van der Waals surface area contributed by atoms with Gasteiger partial charge in [0.25, 0.3) is 5.91 Å². The van der Waals surface area contributed by atoms with E-state index in [4.69, 9.17) is 21.1 Å². The Hall–Kier alpha value is -3.16. The highest BCUT2D eigenvalue weighted by molar-refractivity contribution is 7.22. The number of carbonyl (C=O) groups excluding carboxylic acids is 1. The number of halogens is 1. The van der Waals surface area contributed by atoms with E-state index >= 15 is 0 Å². The number of benzene rings is 2. The Morgan fingerprint density at radius 2 is 2.03 bits per heavy atom. The maximum Gasteiger partial charge on any atom is 0.273 e. The third-order valence-corrected chi connectivity index (χ3v) is 5.96. The zero-order valence-electron chi connectivity index (χ0n) is 15.7. The molecule has 0 radical (unpaired) electrons. The van der Waals surface area contributed by atoms with Gasteiger partial charge in [0.2, 0.25) is 6.10 Å². The van der Waals surface area contributed by atoms with Crippen LogP contribution in [0.4, 0.5) is 5.13 Å². The number of para-hydroxylation sites is 2. The Kier molecular flexibility index (Phi) is 4.98. The third-order valence-electron chi connectivity index (χ3n) is 4.68. The summed E-state index contributed by atoms with van der Waals surface area (Å²) in [6.45, 7) is 0.456. The molecule has 0 spiro atoms. The molecule has 150 valence electrons. The smallest absolute Gasteiger partial charge is 0.273 e. The summed E-state index contributed by atoms with van der Waals surface area (Å²) in [5.41, 5.74) is 1.68. The average Bonchev–Trinajstić information content (AvgIpc) is 3.20. The molecule has 1 amide bonds. The van der Waals surface area contributed by atoms with Crippen LogP contribution in [-0.2, 0) is 11.3 Å². The second kappa shape index (κ2) is 7.93. The second-order valence-electron chi connectivity index (χ2n) is 6.76. The molecular formula is C22H16ClN3O3S. The van der Waals surface area contributed by atoms with Crippen molar-refractivity contribution in [3.8, 4) is 11.5 Å². The molecule has 30 heavy (non-hydrogen) atoms. The number of amides is 1. The van der Waals surface area contributed by atoms with Gasteiger partial charge in [-0.1, -0.05) is 41.1 Å². The maximum atomic E-state index is 13.5. The minimum atomic E-state index is -0.771. The van der Waals surface area contributed by atoms with E-state index in [1.54, 1.807) is 29.4 Å². The number of rotatable bonds is 4. The van der Waals surface area contributed by atoms with Crippen molar-refractivity contribution in [1.29, 1.82) is 0 Å². The zero-order chi connectivity index (χ0) is 20.5. The topological polar surface area (TPSA) is 64.6 Å². The number of anilines is 1. The van der Waals surface area contributed by atoms with Crippen molar-refractivity contribution < 1.29 is 14.3 Å². The van der Waals surface area contributed by atoms with Crippen molar-refractivity contribution in [2.45, 2.75) is 12.6 Å². The van der Waals surface area contributed by atoms with Crippen molar-refractivity contribution in [2.24, 2.45) is 0 Å². The average molecular weight is 438 g/mol. The quantitative estimate of drug-likeness (QED) is 0.462. The Labute approximate surface area is 181 Å². The van der Waals surface area contributed by atoms with Crippen molar-refractivity contribution in [3.05, 3.63) is 77.6 Å². The first-order chi connectivity index (χ1) is 14.7. The summed E-state index contributed by atoms with van der Waals surface area (Å²) in [6.07, 6.45) is 2.66. The van der Waals surface area contributed by atoms with Crippen LogP contribution in [0, 0.1) is 0 Å². The molecule has 0 bridgehead atoms. The van der Waals surface area contributed by atoms with Crippen LogP contribution in [0.5, 0.6) is 11.5 Å². The summed E-state index contributed by atoms with van der Waals surface area (Å²) in [7, 11) is 0. The zero-order valence-corrected chi connectivity index (χ0v) is 17.3. The summed E-state index contributed by atoms with van der Waals surface area (Å²) in [5, 5.41) is 1.20. The van der Waals surface area contributed by atoms with Crippen LogP contribution in [-0.4, -0.2) is 28.6 Å². The fraction of sp³-hybridized carbons (Fsp3) is 0.136. The third kappa shape index (κ3) is 3.69. The van der Waals surface area contributed by atoms with E-state index in [-0.39, 0.29) is 12.5 Å². The molecule has 2 aromatic carbocycles. The highest BCUT2D eigenvalue weighted by Crippen LogP contribution is 2.34. The minimum absolute atomic E-state index is 0.135. The normalized spacial score (nSPS) is 15.2. The Bertz CT molecular complexity index is 1210. The number of thiazole rings is 1. The Morgan fingerprint density at radius 3 is 2.87 bits per heavy atom. The predicted molar refractivity (Wildman–Crippen MR) is 116 cm³/mol. The summed E-state index contributed by atoms with van der Waals surface area (Å²) in [6, 6.07) is 16.6. The van der Waals surface area contributed by atoms with Crippen LogP contribution in [0.15, 0.2) is 67.0 Å². The Balaban J connectivity index is 1.49. The molecule has 0 aliphatic carbocycles. The highest BCUT2D eigenvalue weighted by Gasteiger charge is 2.33. The number of ether oxygens (including phenoxy) is 2. The van der Waals surface area contributed by atoms with Gasteiger partial charge in [0.15, 0.2) is 16.6 Å². The molecule has 1 aliphatic heterocycles.